The number of aliphatic hydroxyl groups is 5. The number of aliphatic hydroxyl groups excluding tert-OH is 5. The molecule has 1 aliphatic rings. The van der Waals surface area contributed by atoms with Crippen LogP contribution in [0.3, 0.4) is 0 Å². The highest BCUT2D eigenvalue weighted by Gasteiger charge is 2.44. The lowest BCUT2D eigenvalue weighted by molar-refractivity contribution is -0.302. The predicted molar refractivity (Wildman–Crippen MR) is 400 cm³/mol. The second kappa shape index (κ2) is 71.4. The van der Waals surface area contributed by atoms with Crippen LogP contribution in [0.25, 0.3) is 0 Å². The molecule has 0 spiro atoms. The summed E-state index contributed by atoms with van der Waals surface area (Å²) in [5, 5.41) is 55.1. The van der Waals surface area contributed by atoms with Gasteiger partial charge in [-0.05, 0) is 89.9 Å². The van der Waals surface area contributed by atoms with E-state index in [0.717, 1.165) is 109 Å². The number of rotatable bonds is 68. The highest BCUT2D eigenvalue weighted by Crippen LogP contribution is 2.24. The molecule has 1 fully saturated rings. The first kappa shape index (κ1) is 87.6. The first-order valence-corrected chi connectivity index (χ1v) is 39.2. The molecule has 7 atom stereocenters. The molecule has 0 aliphatic carbocycles. The molecule has 6 N–H and O–H groups in total. The van der Waals surface area contributed by atoms with Crippen LogP contribution in [0.15, 0.2) is 122 Å². The first-order valence-electron chi connectivity index (χ1n) is 39.2. The maximum Gasteiger partial charge on any atom is 0.220 e. The van der Waals surface area contributed by atoms with Crippen LogP contribution in [0.4, 0.5) is 0 Å². The largest absolute Gasteiger partial charge is 0.394 e. The van der Waals surface area contributed by atoms with Gasteiger partial charge in [-0.3, -0.25) is 4.79 Å². The number of amides is 1. The fraction of sp³-hybridized carbons (Fsp3) is 0.750. The van der Waals surface area contributed by atoms with Crippen LogP contribution in [-0.4, -0.2) is 87.5 Å². The Balaban J connectivity index is 2.10. The number of allylic oxidation sites excluding steroid dienone is 20. The third-order valence-corrected chi connectivity index (χ3v) is 18.1. The Kier molecular flexibility index (Phi) is 67.2. The Morgan fingerprint density at radius 1 is 0.376 bits per heavy atom. The minimum atomic E-state index is -1.56. The van der Waals surface area contributed by atoms with Gasteiger partial charge in [-0.15, -0.1) is 0 Å². The van der Waals surface area contributed by atoms with Crippen molar-refractivity contribution in [1.82, 2.24) is 5.32 Å². The molecule has 1 rings (SSSR count). The van der Waals surface area contributed by atoms with Crippen LogP contribution in [0.2, 0.25) is 0 Å². The summed E-state index contributed by atoms with van der Waals surface area (Å²) in [6.07, 6.45) is 100.0. The Hall–Kier alpha value is -3.41. The number of unbranched alkanes of at least 4 members (excludes halogenated alkanes) is 38. The van der Waals surface area contributed by atoms with Crippen LogP contribution in [0, 0.1) is 0 Å². The van der Waals surface area contributed by atoms with Gasteiger partial charge in [0.15, 0.2) is 6.29 Å². The second-order valence-corrected chi connectivity index (χ2v) is 26.8. The normalized spacial score (nSPS) is 18.3. The molecule has 0 aromatic rings. The van der Waals surface area contributed by atoms with E-state index in [0.29, 0.717) is 12.8 Å². The van der Waals surface area contributed by atoms with Crippen molar-refractivity contribution in [2.75, 3.05) is 13.2 Å². The van der Waals surface area contributed by atoms with Gasteiger partial charge >= 0.3 is 0 Å². The van der Waals surface area contributed by atoms with Crippen LogP contribution >= 0.6 is 0 Å². The number of hydrogen-bond acceptors (Lipinski definition) is 8. The third kappa shape index (κ3) is 59.6. The number of carbonyl (C=O) groups excluding carboxylic acids is 1. The number of nitrogens with one attached hydrogen (secondary N) is 1. The lowest BCUT2D eigenvalue weighted by Gasteiger charge is -2.40. The Labute approximate surface area is 573 Å². The van der Waals surface area contributed by atoms with Gasteiger partial charge in [0.2, 0.25) is 5.91 Å². The molecule has 536 valence electrons. The van der Waals surface area contributed by atoms with Gasteiger partial charge in [-0.25, -0.2) is 0 Å². The number of ether oxygens (including phenoxy) is 2. The maximum atomic E-state index is 13.2. The summed E-state index contributed by atoms with van der Waals surface area (Å²) < 4.78 is 11.4. The van der Waals surface area contributed by atoms with Crippen molar-refractivity contribution in [2.24, 2.45) is 0 Å². The van der Waals surface area contributed by atoms with Crippen LogP contribution in [0.1, 0.15) is 348 Å². The summed E-state index contributed by atoms with van der Waals surface area (Å²) in [6, 6.07) is -0.731. The minimum absolute atomic E-state index is 0.144. The van der Waals surface area contributed by atoms with Crippen LogP contribution in [-0.2, 0) is 14.3 Å². The van der Waals surface area contributed by atoms with E-state index in [1.54, 1.807) is 0 Å². The Morgan fingerprint density at radius 3 is 0.989 bits per heavy atom. The van der Waals surface area contributed by atoms with E-state index in [2.05, 4.69) is 141 Å². The van der Waals surface area contributed by atoms with Gasteiger partial charge in [0.05, 0.1) is 25.4 Å². The lowest BCUT2D eigenvalue weighted by atomic mass is 9.99. The smallest absolute Gasteiger partial charge is 0.220 e. The summed E-state index contributed by atoms with van der Waals surface area (Å²) in [7, 11) is 0. The van der Waals surface area contributed by atoms with Gasteiger partial charge in [-0.1, -0.05) is 373 Å². The predicted octanol–water partition coefficient (Wildman–Crippen LogP) is 22.5. The molecule has 0 aromatic carbocycles. The molecular formula is C84H147NO8. The van der Waals surface area contributed by atoms with Crippen LogP contribution < -0.4 is 5.32 Å². The molecule has 0 saturated carbocycles. The first-order chi connectivity index (χ1) is 45.8. The highest BCUT2D eigenvalue weighted by atomic mass is 16.7. The van der Waals surface area contributed by atoms with Gasteiger partial charge in [0.1, 0.15) is 24.4 Å². The molecule has 1 heterocycles. The van der Waals surface area contributed by atoms with Gasteiger partial charge < -0.3 is 40.3 Å². The third-order valence-electron chi connectivity index (χ3n) is 18.1. The molecule has 1 amide bonds. The van der Waals surface area contributed by atoms with Crippen LogP contribution in [0.5, 0.6) is 0 Å². The van der Waals surface area contributed by atoms with Crippen molar-refractivity contribution in [1.29, 1.82) is 0 Å². The number of hydrogen-bond donors (Lipinski definition) is 6. The summed E-state index contributed by atoms with van der Waals surface area (Å²) in [6.45, 7) is 3.76. The average molecular weight is 1300 g/mol. The molecule has 9 nitrogen and oxygen atoms in total. The number of carbonyl (C=O) groups is 1. The fourth-order valence-electron chi connectivity index (χ4n) is 12.0. The van der Waals surface area contributed by atoms with Crippen molar-refractivity contribution in [3.05, 3.63) is 122 Å². The zero-order valence-electron chi connectivity index (χ0n) is 60.2. The molecule has 93 heavy (non-hydrogen) atoms. The van der Waals surface area contributed by atoms with E-state index in [1.807, 2.05) is 0 Å². The monoisotopic (exact) mass is 1300 g/mol. The zero-order valence-corrected chi connectivity index (χ0v) is 60.2. The standard InChI is InChI=1S/C84H147NO8/c1-3-5-7-9-11-13-15-17-19-21-23-25-27-29-31-33-34-35-36-37-38-39-40-41-42-43-44-46-48-50-52-54-56-58-60-62-64-66-68-70-72-74-80(88)85-77(76-92-84-83(91)82(90)81(89)79(75-86)93-84)78(87)73-71-69-67-65-63-61-59-57-55-53-51-49-47-45-32-30-28-26-24-22-20-18-16-14-12-10-8-6-4-2/h5,7,11,13,17,19,23,25,29,31,34-35,37-38,40-41,43-44,48,50,77-79,81-84,86-87,89-91H,3-4,6,8-10,12,14-16,18,20-22,24,26-28,30,32-33,36,39,42,45-47,49,51-76H2,1-2H3,(H,85,88)/b7-5-,13-11-,19-17-,25-23-,31-29-,35-34-,38-37-,41-40-,44-43-,50-48-. The summed E-state index contributed by atoms with van der Waals surface area (Å²) in [4.78, 5) is 13.2. The van der Waals surface area contributed by atoms with Gasteiger partial charge in [0, 0.05) is 6.42 Å². The Morgan fingerprint density at radius 2 is 0.667 bits per heavy atom. The second-order valence-electron chi connectivity index (χ2n) is 26.8. The van der Waals surface area contributed by atoms with Crippen molar-refractivity contribution in [3.8, 4) is 0 Å². The maximum absolute atomic E-state index is 13.2. The Bertz CT molecular complexity index is 1890. The van der Waals surface area contributed by atoms with Crippen molar-refractivity contribution in [3.63, 3.8) is 0 Å². The van der Waals surface area contributed by atoms with E-state index in [1.165, 1.54) is 212 Å². The minimum Gasteiger partial charge on any atom is -0.394 e. The SMILES string of the molecule is CC/C=C\C/C=C\C/C=C\C/C=C\C/C=C\C/C=C\C/C=C\C/C=C\C/C=C\C/C=C\CCCCCCCCCCCCC(=O)NC(COC1OC(CO)C(O)C(O)C1O)C(O)CCCCCCCCCCCCCCCCCCCCCCCCCCCCCCC. The summed E-state index contributed by atoms with van der Waals surface area (Å²) in [5.41, 5.74) is 0. The fourth-order valence-corrected chi connectivity index (χ4v) is 12.0. The van der Waals surface area contributed by atoms with E-state index < -0.39 is 49.5 Å². The molecule has 0 aromatic heterocycles. The molecule has 0 bridgehead atoms. The van der Waals surface area contributed by atoms with E-state index >= 15 is 0 Å². The van der Waals surface area contributed by atoms with Gasteiger partial charge in [-0.2, -0.15) is 0 Å². The molecule has 0 radical (unpaired) electrons. The average Bonchev–Trinajstić information content (AvgIpc) is 1.00. The molecule has 1 saturated heterocycles. The molecular weight excluding hydrogens is 1150 g/mol. The van der Waals surface area contributed by atoms with E-state index in [9.17, 15) is 30.3 Å². The van der Waals surface area contributed by atoms with Crippen molar-refractivity contribution >= 4 is 5.91 Å². The van der Waals surface area contributed by atoms with E-state index in [-0.39, 0.29) is 12.5 Å². The van der Waals surface area contributed by atoms with Crippen molar-refractivity contribution < 1.29 is 39.8 Å². The van der Waals surface area contributed by atoms with Gasteiger partial charge in [0.25, 0.3) is 0 Å². The zero-order chi connectivity index (χ0) is 67.1. The molecule has 9 heteroatoms. The van der Waals surface area contributed by atoms with E-state index in [4.69, 9.17) is 9.47 Å². The molecule has 1 aliphatic heterocycles. The quantitative estimate of drug-likeness (QED) is 0.0261. The topological polar surface area (TPSA) is 149 Å². The van der Waals surface area contributed by atoms with Crippen molar-refractivity contribution in [2.45, 2.75) is 391 Å². The summed E-state index contributed by atoms with van der Waals surface area (Å²) in [5.74, 6) is -0.149. The summed E-state index contributed by atoms with van der Waals surface area (Å²) >= 11 is 0. The lowest BCUT2D eigenvalue weighted by Crippen LogP contribution is -2.60. The molecule has 7 unspecified atom stereocenters. The highest BCUT2D eigenvalue weighted by molar-refractivity contribution is 5.76.